The van der Waals surface area contributed by atoms with E-state index in [-0.39, 0.29) is 29.4 Å². The van der Waals surface area contributed by atoms with E-state index >= 15 is 0 Å². The van der Waals surface area contributed by atoms with Crippen LogP contribution in [0.3, 0.4) is 0 Å². The van der Waals surface area contributed by atoms with Crippen molar-refractivity contribution in [2.24, 2.45) is 11.7 Å². The lowest BCUT2D eigenvalue weighted by molar-refractivity contribution is -0.132. The van der Waals surface area contributed by atoms with Crippen LogP contribution in [0, 0.1) is 5.92 Å². The molecule has 0 aromatic rings. The number of nitrogens with two attached hydrogens (primary N) is 1. The molecule has 1 saturated carbocycles. The molecule has 1 aliphatic carbocycles. The maximum absolute atomic E-state index is 12.3. The van der Waals surface area contributed by atoms with Crippen molar-refractivity contribution in [3.05, 3.63) is 0 Å². The number of rotatable bonds is 6. The molecular formula is C17H33N3O3S. The predicted molar refractivity (Wildman–Crippen MR) is 96.4 cm³/mol. The van der Waals surface area contributed by atoms with Gasteiger partial charge in [0, 0.05) is 30.4 Å². The third-order valence-corrected chi connectivity index (χ3v) is 7.71. The van der Waals surface area contributed by atoms with Gasteiger partial charge in [-0.05, 0) is 52.5 Å². The van der Waals surface area contributed by atoms with Crippen LogP contribution in [0.25, 0.3) is 0 Å². The minimum absolute atomic E-state index is 0.00384. The normalized spacial score (nSPS) is 32.1. The van der Waals surface area contributed by atoms with Crippen LogP contribution in [-0.4, -0.2) is 73.4 Å². The van der Waals surface area contributed by atoms with E-state index in [0.717, 1.165) is 19.3 Å². The van der Waals surface area contributed by atoms with Gasteiger partial charge in [-0.15, -0.1) is 0 Å². The second-order valence-electron chi connectivity index (χ2n) is 7.68. The number of amides is 1. The van der Waals surface area contributed by atoms with Crippen molar-refractivity contribution in [3.8, 4) is 0 Å². The number of nitrogens with zero attached hydrogens (tertiary/aromatic N) is 2. The van der Waals surface area contributed by atoms with Crippen LogP contribution in [0.1, 0.15) is 46.5 Å². The molecule has 2 rings (SSSR count). The first-order valence-corrected chi connectivity index (χ1v) is 11.0. The summed E-state index contributed by atoms with van der Waals surface area (Å²) < 4.78 is 24.5. The molecule has 2 fully saturated rings. The smallest absolute Gasteiger partial charge is 0.239 e. The van der Waals surface area contributed by atoms with Crippen LogP contribution in [-0.2, 0) is 14.6 Å². The van der Waals surface area contributed by atoms with Crippen molar-refractivity contribution in [2.45, 2.75) is 70.6 Å². The summed E-state index contributed by atoms with van der Waals surface area (Å²) in [7, 11) is -0.961. The molecule has 7 heteroatoms. The van der Waals surface area contributed by atoms with E-state index in [2.05, 4.69) is 25.8 Å². The summed E-state index contributed by atoms with van der Waals surface area (Å²) in [6, 6.07) is 0.412. The van der Waals surface area contributed by atoms with Gasteiger partial charge in [-0.1, -0.05) is 6.92 Å². The van der Waals surface area contributed by atoms with Crippen molar-refractivity contribution in [3.63, 3.8) is 0 Å². The third-order valence-electron chi connectivity index (χ3n) is 5.89. The maximum atomic E-state index is 12.3. The first-order valence-electron chi connectivity index (χ1n) is 9.14. The number of likely N-dealkylation sites (tertiary alicyclic amines) is 1. The molecule has 1 amide bonds. The molecule has 0 radical (unpaired) electrons. The Morgan fingerprint density at radius 3 is 2.46 bits per heavy atom. The summed E-state index contributed by atoms with van der Waals surface area (Å²) in [4.78, 5) is 16.5. The van der Waals surface area contributed by atoms with Crippen molar-refractivity contribution >= 4 is 15.7 Å². The Kier molecular flexibility index (Phi) is 6.31. The number of carbonyl (C=O) groups is 1. The highest BCUT2D eigenvalue weighted by Crippen LogP contribution is 2.34. The first kappa shape index (κ1) is 19.7. The van der Waals surface area contributed by atoms with Gasteiger partial charge >= 0.3 is 0 Å². The maximum Gasteiger partial charge on any atom is 0.239 e. The molecule has 0 bridgehead atoms. The molecule has 1 saturated heterocycles. The van der Waals surface area contributed by atoms with Crippen LogP contribution in [0.4, 0.5) is 0 Å². The molecule has 6 nitrogen and oxygen atoms in total. The number of hydrogen-bond acceptors (Lipinski definition) is 5. The molecule has 1 heterocycles. The Labute approximate surface area is 146 Å². The molecule has 1 aliphatic heterocycles. The lowest BCUT2D eigenvalue weighted by atomic mass is 9.81. The molecule has 0 aromatic carbocycles. The first-order chi connectivity index (χ1) is 11.2. The Bertz CT molecular complexity index is 549. The fourth-order valence-corrected chi connectivity index (χ4v) is 5.35. The van der Waals surface area contributed by atoms with Crippen molar-refractivity contribution in [2.75, 3.05) is 25.1 Å². The summed E-state index contributed by atoms with van der Waals surface area (Å²) in [5.41, 5.74) is 5.87. The van der Waals surface area contributed by atoms with Gasteiger partial charge in [-0.25, -0.2) is 8.42 Å². The topological polar surface area (TPSA) is 83.7 Å². The lowest BCUT2D eigenvalue weighted by Gasteiger charge is -2.44. The quantitative estimate of drug-likeness (QED) is 0.760. The zero-order valence-corrected chi connectivity index (χ0v) is 16.3. The molecule has 0 unspecified atom stereocenters. The van der Waals surface area contributed by atoms with E-state index in [9.17, 15) is 13.2 Å². The summed E-state index contributed by atoms with van der Waals surface area (Å²) in [5.74, 6) is 0.336. The monoisotopic (exact) mass is 359 g/mol. The molecule has 140 valence electrons. The average Bonchev–Trinajstić information content (AvgIpc) is 2.86. The van der Waals surface area contributed by atoms with Crippen molar-refractivity contribution in [1.82, 2.24) is 9.80 Å². The number of carbonyl (C=O) groups excluding carboxylic acids is 1. The van der Waals surface area contributed by atoms with Crippen LogP contribution in [0.5, 0.6) is 0 Å². The predicted octanol–water partition coefficient (Wildman–Crippen LogP) is 0.858. The van der Waals surface area contributed by atoms with E-state index in [4.69, 9.17) is 5.73 Å². The molecule has 2 aliphatic rings. The van der Waals surface area contributed by atoms with E-state index in [1.165, 1.54) is 0 Å². The number of sulfone groups is 1. The van der Waals surface area contributed by atoms with Crippen LogP contribution in [0.2, 0.25) is 0 Å². The van der Waals surface area contributed by atoms with Crippen LogP contribution >= 0.6 is 0 Å². The number of hydrogen-bond donors (Lipinski definition) is 1. The van der Waals surface area contributed by atoms with Crippen LogP contribution < -0.4 is 5.73 Å². The highest BCUT2D eigenvalue weighted by atomic mass is 32.2. The van der Waals surface area contributed by atoms with Crippen molar-refractivity contribution in [1.29, 1.82) is 0 Å². The molecule has 0 spiro atoms. The highest BCUT2D eigenvalue weighted by molar-refractivity contribution is 7.91. The Balaban J connectivity index is 2.18. The second kappa shape index (κ2) is 7.70. The van der Waals surface area contributed by atoms with E-state index < -0.39 is 15.9 Å². The fourth-order valence-electron chi connectivity index (χ4n) is 4.10. The SMILES string of the molecule is CCS(=O)(=O)C[C@H]1C[C@H](N(C)C(C)C)CC[C@@H]1N1CC[C@H](N)C1=O. The molecule has 0 aromatic heterocycles. The van der Waals surface area contributed by atoms with Gasteiger partial charge in [0.1, 0.15) is 9.84 Å². The van der Waals surface area contributed by atoms with Gasteiger partial charge in [0.15, 0.2) is 0 Å². The molecule has 2 N–H and O–H groups in total. The zero-order chi connectivity index (χ0) is 18.1. The van der Waals surface area contributed by atoms with Gasteiger partial charge in [0.05, 0.1) is 11.8 Å². The second-order valence-corrected chi connectivity index (χ2v) is 10.1. The molecular weight excluding hydrogens is 326 g/mol. The van der Waals surface area contributed by atoms with E-state index in [0.29, 0.717) is 25.0 Å². The lowest BCUT2D eigenvalue weighted by Crippen LogP contribution is -2.52. The average molecular weight is 360 g/mol. The highest BCUT2D eigenvalue weighted by Gasteiger charge is 2.42. The summed E-state index contributed by atoms with van der Waals surface area (Å²) in [5, 5.41) is 0. The fraction of sp³-hybridized carbons (Fsp3) is 0.941. The minimum Gasteiger partial charge on any atom is -0.338 e. The van der Waals surface area contributed by atoms with Gasteiger partial charge in [0.2, 0.25) is 5.91 Å². The minimum atomic E-state index is -3.07. The summed E-state index contributed by atoms with van der Waals surface area (Å²) in [6.07, 6.45) is 3.38. The third kappa shape index (κ3) is 4.29. The summed E-state index contributed by atoms with van der Waals surface area (Å²) >= 11 is 0. The Morgan fingerprint density at radius 1 is 1.29 bits per heavy atom. The Hall–Kier alpha value is -0.660. The standard InChI is InChI=1S/C17H33N3O3S/c1-5-24(22,23)11-13-10-14(19(4)12(2)3)6-7-16(13)20-9-8-15(18)17(20)21/h12-16H,5-11,18H2,1-4H3/t13-,14-,15+,16+/m1/s1. The summed E-state index contributed by atoms with van der Waals surface area (Å²) in [6.45, 7) is 6.68. The van der Waals surface area contributed by atoms with Gasteiger partial charge < -0.3 is 15.5 Å². The van der Waals surface area contributed by atoms with Crippen LogP contribution in [0.15, 0.2) is 0 Å². The Morgan fingerprint density at radius 2 is 1.96 bits per heavy atom. The molecule has 24 heavy (non-hydrogen) atoms. The van der Waals surface area contributed by atoms with E-state index in [1.807, 2.05) is 4.90 Å². The van der Waals surface area contributed by atoms with E-state index in [1.54, 1.807) is 6.92 Å². The van der Waals surface area contributed by atoms with Gasteiger partial charge in [-0.3, -0.25) is 4.79 Å². The largest absolute Gasteiger partial charge is 0.338 e. The van der Waals surface area contributed by atoms with Gasteiger partial charge in [-0.2, -0.15) is 0 Å². The van der Waals surface area contributed by atoms with Gasteiger partial charge in [0.25, 0.3) is 0 Å². The van der Waals surface area contributed by atoms with Crippen molar-refractivity contribution < 1.29 is 13.2 Å². The molecule has 4 atom stereocenters. The zero-order valence-electron chi connectivity index (χ0n) is 15.4.